The maximum atomic E-state index is 13.2. The van der Waals surface area contributed by atoms with Crippen molar-refractivity contribution in [2.45, 2.75) is 88.2 Å². The second-order valence-corrected chi connectivity index (χ2v) is 20.4. The number of hydrogen-bond acceptors (Lipinski definition) is 13. The van der Waals surface area contributed by atoms with E-state index in [1.54, 1.807) is 4.90 Å². The molecule has 0 atom stereocenters. The van der Waals surface area contributed by atoms with E-state index >= 15 is 0 Å². The van der Waals surface area contributed by atoms with Gasteiger partial charge in [-0.1, -0.05) is 0 Å². The fourth-order valence-electron chi connectivity index (χ4n) is 10.1. The minimum Gasteiger partial charge on any atom is -1.00 e. The van der Waals surface area contributed by atoms with Gasteiger partial charge in [0, 0.05) is 138 Å². The maximum Gasteiger partial charge on any atom is 1.00 e. The van der Waals surface area contributed by atoms with Crippen molar-refractivity contribution in [3.63, 3.8) is 0 Å². The van der Waals surface area contributed by atoms with Gasteiger partial charge in [0.2, 0.25) is 5.91 Å². The van der Waals surface area contributed by atoms with Gasteiger partial charge in [-0.3, -0.25) is 34.8 Å². The molecule has 1 amide bonds. The summed E-state index contributed by atoms with van der Waals surface area (Å²) in [5.41, 5.74) is -3.80. The molecule has 0 aliphatic carbocycles. The number of amides is 1. The Morgan fingerprint density at radius 3 is 1.22 bits per heavy atom. The number of nitrogens with zero attached hydrogens (tertiary/aromatic N) is 7. The number of alkyl halides is 12. The topological polar surface area (TPSA) is 200 Å². The molecule has 4 aliphatic heterocycles. The van der Waals surface area contributed by atoms with Gasteiger partial charge in [-0.05, 0) is 118 Å². The van der Waals surface area contributed by atoms with Crippen LogP contribution in [-0.2, 0) is 34.3 Å². The van der Waals surface area contributed by atoms with Crippen LogP contribution in [0.3, 0.4) is 0 Å². The number of carboxylic acid groups (broad SMARTS) is 1. The number of piperazine rings is 2. The number of anilines is 4. The molecule has 4 aliphatic rings. The third kappa shape index (κ3) is 22.2. The van der Waals surface area contributed by atoms with E-state index in [4.69, 9.17) is 0 Å². The molecule has 0 saturated carbocycles. The standard InChI is InChI=1S/C27H31F6N5O3.C15H19F3N2O2.C12H14F3N3O2.ClH.Li/c28-26(29,30)19-3-6-22(7-4-19)36-16-14-35(15-17-36)11-1-2-25(39)37-12-9-20(10-13-37)34-21-5-8-24(38(40)41)23(18-21)27(31,32)33;16-15(17,18)12-3-5-13(6-4-12)20-10-8-19(9-11-20)7-1-2-14(21)22;13-12(14,15)10-7-9(1-2-11(10)18(19)20)17-8-3-5-16-6-4-8;;/h3-8,18,20,34H,1-2,9-17H2;3-6H,1-2,7-11H2,(H,21,22);1-2,7-8,16-17H,3-6H2;1H;/q;;;;+1/p-1. The normalized spacial score (nSPS) is 16.8. The van der Waals surface area contributed by atoms with Crippen molar-refractivity contribution in [3.8, 4) is 0 Å². The molecule has 4 fully saturated rings. The summed E-state index contributed by atoms with van der Waals surface area (Å²) in [4.78, 5) is 52.8. The number of quaternary nitrogens is 1. The first-order chi connectivity index (χ1) is 39.0. The predicted octanol–water partition coefficient (Wildman–Crippen LogP) is 2.75. The second-order valence-electron chi connectivity index (χ2n) is 20.4. The van der Waals surface area contributed by atoms with Gasteiger partial charge in [0.15, 0.2) is 0 Å². The molecule has 17 nitrogen and oxygen atoms in total. The number of nitrogens with one attached hydrogen (secondary N) is 2. The quantitative estimate of drug-likeness (QED) is 0.0642. The van der Waals surface area contributed by atoms with Gasteiger partial charge in [-0.2, -0.15) is 52.7 Å². The fourth-order valence-corrected chi connectivity index (χ4v) is 10.1. The number of rotatable bonds is 16. The summed E-state index contributed by atoms with van der Waals surface area (Å²) < 4.78 is 154. The van der Waals surface area contributed by atoms with Gasteiger partial charge in [0.1, 0.15) is 11.1 Å². The zero-order chi connectivity index (χ0) is 60.7. The number of carboxylic acids is 1. The Bertz CT molecular complexity index is 2770. The summed E-state index contributed by atoms with van der Waals surface area (Å²) in [6, 6.07) is 16.2. The van der Waals surface area contributed by atoms with Crippen molar-refractivity contribution >= 4 is 46.0 Å². The number of halogens is 13. The first kappa shape index (κ1) is 71.2. The average molecular weight is 1240 g/mol. The predicted molar refractivity (Wildman–Crippen MR) is 281 cm³/mol. The SMILES string of the molecule is O=C(CCCN1CCN(c2ccc(C(F)(F)F)cc2)CC1)N1CCC(Nc2ccc([N+](=O)[O-])c(C(F)(F)F)c2)CC1.O=C([O-])CCCN1CCN(c2ccc(C(F)(F)F)cc2)CC1.O=[N+]([O-])c1ccc(NC2CC[NH2+]CC2)cc1C(F)(F)F.[Cl-].[Li+]. The molecule has 0 bridgehead atoms. The monoisotopic (exact) mass is 1230 g/mol. The Balaban J connectivity index is 0.000000297. The molecule has 0 unspecified atom stereocenters. The van der Waals surface area contributed by atoms with Crippen molar-refractivity contribution < 1.29 is 114 Å². The summed E-state index contributed by atoms with van der Waals surface area (Å²) in [5.74, 6) is -1.02. The van der Waals surface area contributed by atoms with E-state index in [1.165, 1.54) is 36.4 Å². The Hall–Kier alpha value is -6.25. The largest absolute Gasteiger partial charge is 1.00 e. The Morgan fingerprint density at radius 2 is 0.882 bits per heavy atom. The van der Waals surface area contributed by atoms with Crippen LogP contribution in [0.15, 0.2) is 84.9 Å². The number of carbonyl (C=O) groups is 2. The van der Waals surface area contributed by atoms with E-state index in [0.29, 0.717) is 64.8 Å². The van der Waals surface area contributed by atoms with Crippen LogP contribution in [0.1, 0.15) is 73.6 Å². The number of nitro groups is 2. The molecule has 464 valence electrons. The molecule has 4 aromatic rings. The van der Waals surface area contributed by atoms with E-state index in [1.807, 2.05) is 9.80 Å². The van der Waals surface area contributed by atoms with Crippen LogP contribution in [0.5, 0.6) is 0 Å². The first-order valence-corrected chi connectivity index (χ1v) is 26.9. The molecular formula is C54H64ClF12LiN10O7. The molecule has 8 rings (SSSR count). The molecule has 4 heterocycles. The molecular weight excluding hydrogens is 1170 g/mol. The summed E-state index contributed by atoms with van der Waals surface area (Å²) in [7, 11) is 0. The Kier molecular flexibility index (Phi) is 26.8. The third-order valence-electron chi connectivity index (χ3n) is 14.6. The molecule has 31 heteroatoms. The van der Waals surface area contributed by atoms with Crippen LogP contribution in [0.2, 0.25) is 0 Å². The molecule has 0 aromatic heterocycles. The number of piperidine rings is 2. The van der Waals surface area contributed by atoms with Crippen molar-refractivity contribution in [2.75, 3.05) is 112 Å². The minimum atomic E-state index is -4.85. The van der Waals surface area contributed by atoms with E-state index in [-0.39, 0.29) is 67.1 Å². The second kappa shape index (κ2) is 31.9. The zero-order valence-corrected chi connectivity index (χ0v) is 47.0. The number of nitro benzene ring substituents is 2. The van der Waals surface area contributed by atoms with Crippen LogP contribution in [-0.4, -0.2) is 140 Å². The van der Waals surface area contributed by atoms with Gasteiger partial charge >= 0.3 is 43.6 Å². The van der Waals surface area contributed by atoms with Gasteiger partial charge in [0.05, 0.1) is 34.1 Å². The number of aliphatic carboxylic acids is 1. The Labute approximate surface area is 500 Å². The Morgan fingerprint density at radius 1 is 0.518 bits per heavy atom. The van der Waals surface area contributed by atoms with E-state index < -0.39 is 74.1 Å². The summed E-state index contributed by atoms with van der Waals surface area (Å²) in [5, 5.41) is 40.1. The van der Waals surface area contributed by atoms with E-state index in [2.05, 4.69) is 25.8 Å². The molecule has 0 spiro atoms. The van der Waals surface area contributed by atoms with Gasteiger partial charge in [-0.25, -0.2) is 0 Å². The van der Waals surface area contributed by atoms with Gasteiger partial charge < -0.3 is 53.0 Å². The molecule has 85 heavy (non-hydrogen) atoms. The van der Waals surface area contributed by atoms with Gasteiger partial charge in [0.25, 0.3) is 11.4 Å². The van der Waals surface area contributed by atoms with E-state index in [0.717, 1.165) is 132 Å². The number of nitrogens with two attached hydrogens (primary N) is 1. The maximum absolute atomic E-state index is 13.2. The van der Waals surface area contributed by atoms with Crippen molar-refractivity contribution in [2.24, 2.45) is 0 Å². The molecule has 4 N–H and O–H groups in total. The van der Waals surface area contributed by atoms with Crippen LogP contribution in [0.4, 0.5) is 86.8 Å². The van der Waals surface area contributed by atoms with Crippen LogP contribution in [0.25, 0.3) is 0 Å². The summed E-state index contributed by atoms with van der Waals surface area (Å²) in [6.45, 7) is 10.0. The number of benzene rings is 4. The van der Waals surface area contributed by atoms with E-state index in [9.17, 15) is 87.6 Å². The smallest absolute Gasteiger partial charge is 1.00 e. The third-order valence-corrected chi connectivity index (χ3v) is 14.6. The number of carbonyl (C=O) groups excluding carboxylic acids is 2. The minimum absolute atomic E-state index is 0. The molecule has 4 aromatic carbocycles. The van der Waals surface area contributed by atoms with Crippen LogP contribution in [0, 0.1) is 20.2 Å². The van der Waals surface area contributed by atoms with Crippen molar-refractivity contribution in [3.05, 3.63) is 127 Å². The number of likely N-dealkylation sites (tertiary alicyclic amines) is 1. The van der Waals surface area contributed by atoms with Crippen LogP contribution >= 0.6 is 0 Å². The summed E-state index contributed by atoms with van der Waals surface area (Å²) >= 11 is 0. The number of hydrogen-bond donors (Lipinski definition) is 3. The van der Waals surface area contributed by atoms with Crippen molar-refractivity contribution in [1.82, 2.24) is 14.7 Å². The first-order valence-electron chi connectivity index (χ1n) is 26.9. The van der Waals surface area contributed by atoms with Crippen LogP contribution < -0.4 is 62.1 Å². The fraction of sp³-hybridized carbons (Fsp3) is 0.519. The van der Waals surface area contributed by atoms with Gasteiger partial charge in [-0.15, -0.1) is 0 Å². The molecule has 0 radical (unpaired) electrons. The average Bonchev–Trinajstić information content (AvgIpc) is 3.20. The zero-order valence-electron chi connectivity index (χ0n) is 46.3. The molecule has 4 saturated heterocycles. The summed E-state index contributed by atoms with van der Waals surface area (Å²) in [6.07, 6.45) is -13.8. The van der Waals surface area contributed by atoms with Crippen molar-refractivity contribution in [1.29, 1.82) is 0 Å².